The summed E-state index contributed by atoms with van der Waals surface area (Å²) in [6.07, 6.45) is -3.04. The maximum absolute atomic E-state index is 12.8. The van der Waals surface area contributed by atoms with Gasteiger partial charge in [-0.05, 0) is 50.3 Å². The van der Waals surface area contributed by atoms with E-state index in [1.54, 1.807) is 32.0 Å². The lowest BCUT2D eigenvalue weighted by molar-refractivity contribution is -0.138. The zero-order chi connectivity index (χ0) is 24.2. The van der Waals surface area contributed by atoms with Gasteiger partial charge < -0.3 is 19.7 Å². The number of para-hydroxylation sites is 1. The molecule has 1 aliphatic rings. The molecule has 2 aromatic rings. The highest BCUT2D eigenvalue weighted by Gasteiger charge is 2.34. The number of rotatable bonds is 6. The van der Waals surface area contributed by atoms with Crippen molar-refractivity contribution in [2.45, 2.75) is 20.0 Å². The van der Waals surface area contributed by atoms with Gasteiger partial charge in [-0.1, -0.05) is 23.9 Å². The number of esters is 1. The molecule has 2 aromatic carbocycles. The number of carbonyl (C=O) groups is 1. The van der Waals surface area contributed by atoms with Crippen molar-refractivity contribution in [3.8, 4) is 11.5 Å². The van der Waals surface area contributed by atoms with E-state index >= 15 is 0 Å². The van der Waals surface area contributed by atoms with E-state index in [1.165, 1.54) is 6.08 Å². The second-order valence-corrected chi connectivity index (χ2v) is 7.67. The van der Waals surface area contributed by atoms with Crippen molar-refractivity contribution in [2.24, 2.45) is 4.99 Å². The second-order valence-electron chi connectivity index (χ2n) is 6.64. The lowest BCUT2D eigenvalue weighted by Crippen LogP contribution is -2.12. The van der Waals surface area contributed by atoms with Gasteiger partial charge in [-0.3, -0.25) is 0 Å². The largest absolute Gasteiger partial charge is 0.506 e. The molecule has 1 aliphatic heterocycles. The average molecular weight is 479 g/mol. The Hall–Kier alpha value is -3.40. The lowest BCUT2D eigenvalue weighted by atomic mass is 10.1. The monoisotopic (exact) mass is 479 g/mol. The number of hydrogen-bond acceptors (Lipinski definition) is 7. The number of phenols is 1. The number of aromatic hydroxyl groups is 1. The van der Waals surface area contributed by atoms with Crippen LogP contribution >= 0.6 is 11.8 Å². The summed E-state index contributed by atoms with van der Waals surface area (Å²) in [6.45, 7) is 3.74. The Labute approximate surface area is 192 Å². The number of aliphatic hydroxyl groups is 1. The summed E-state index contributed by atoms with van der Waals surface area (Å²) in [4.78, 5) is 16.9. The molecule has 0 amide bonds. The number of hydrogen-bond donors (Lipinski definition) is 2. The van der Waals surface area contributed by atoms with Crippen LogP contribution in [0.5, 0.6) is 11.5 Å². The van der Waals surface area contributed by atoms with E-state index in [2.05, 4.69) is 4.99 Å². The van der Waals surface area contributed by atoms with Crippen LogP contribution in [-0.4, -0.2) is 34.4 Å². The van der Waals surface area contributed by atoms with Crippen LogP contribution in [-0.2, 0) is 15.7 Å². The average Bonchev–Trinajstić information content (AvgIpc) is 3.05. The molecule has 174 valence electrons. The number of benzene rings is 2. The van der Waals surface area contributed by atoms with Crippen LogP contribution in [0.25, 0.3) is 6.08 Å². The lowest BCUT2D eigenvalue weighted by Gasteiger charge is -2.08. The Kier molecular flexibility index (Phi) is 7.37. The van der Waals surface area contributed by atoms with Crippen molar-refractivity contribution in [1.29, 1.82) is 0 Å². The Morgan fingerprint density at radius 3 is 2.39 bits per heavy atom. The topological polar surface area (TPSA) is 88.4 Å². The fourth-order valence-electron chi connectivity index (χ4n) is 2.90. The molecule has 6 nitrogen and oxygen atoms in total. The zero-order valence-electron chi connectivity index (χ0n) is 17.6. The Morgan fingerprint density at radius 1 is 1.09 bits per heavy atom. The molecule has 10 heteroatoms. The van der Waals surface area contributed by atoms with Crippen LogP contribution in [0.15, 0.2) is 63.7 Å². The van der Waals surface area contributed by atoms with E-state index in [1.807, 2.05) is 0 Å². The highest BCUT2D eigenvalue weighted by Crippen LogP contribution is 2.42. The predicted octanol–water partition coefficient (Wildman–Crippen LogP) is 6.00. The van der Waals surface area contributed by atoms with Crippen molar-refractivity contribution < 1.29 is 37.7 Å². The maximum Gasteiger partial charge on any atom is 0.416 e. The molecule has 0 spiro atoms. The standard InChI is InChI=1S/C23H20F3NO5S/c1-3-31-16-7-5-6-13(19(16)28)12-17-20(29)18(22(30)32-4-2)21(33-17)27-15-10-8-14(9-11-15)23(24,25)26/h5-12,28-29H,3-4H2,1-2H3. The summed E-state index contributed by atoms with van der Waals surface area (Å²) in [6, 6.07) is 8.90. The third kappa shape index (κ3) is 5.51. The van der Waals surface area contributed by atoms with Gasteiger partial charge in [0.05, 0.1) is 29.4 Å². The number of carbonyl (C=O) groups excluding carboxylic acids is 1. The Morgan fingerprint density at radius 2 is 1.79 bits per heavy atom. The van der Waals surface area contributed by atoms with Crippen molar-refractivity contribution >= 4 is 34.5 Å². The summed E-state index contributed by atoms with van der Waals surface area (Å²) in [5, 5.41) is 21.2. The molecule has 0 fully saturated rings. The molecule has 0 bridgehead atoms. The van der Waals surface area contributed by atoms with Gasteiger partial charge in [-0.25, -0.2) is 9.79 Å². The van der Waals surface area contributed by atoms with Crippen LogP contribution in [0.4, 0.5) is 18.9 Å². The van der Waals surface area contributed by atoms with Gasteiger partial charge in [0, 0.05) is 5.56 Å². The molecule has 0 aromatic heterocycles. The predicted molar refractivity (Wildman–Crippen MR) is 120 cm³/mol. The summed E-state index contributed by atoms with van der Waals surface area (Å²) in [7, 11) is 0. The number of halogens is 3. The molecule has 0 saturated carbocycles. The fraction of sp³-hybridized carbons (Fsp3) is 0.217. The van der Waals surface area contributed by atoms with Gasteiger partial charge in [-0.15, -0.1) is 0 Å². The Balaban J connectivity index is 2.03. The molecule has 33 heavy (non-hydrogen) atoms. The minimum absolute atomic E-state index is 0.0457. The quantitative estimate of drug-likeness (QED) is 0.494. The van der Waals surface area contributed by atoms with E-state index < -0.39 is 23.5 Å². The van der Waals surface area contributed by atoms with Crippen molar-refractivity contribution in [2.75, 3.05) is 13.2 Å². The third-order valence-electron chi connectivity index (χ3n) is 4.41. The number of nitrogens with zero attached hydrogens (tertiary/aromatic N) is 1. The summed E-state index contributed by atoms with van der Waals surface area (Å²) < 4.78 is 48.8. The number of phenolic OH excluding ortho intramolecular Hbond substituents is 1. The highest BCUT2D eigenvalue weighted by molar-refractivity contribution is 8.18. The smallest absolute Gasteiger partial charge is 0.416 e. The molecule has 3 rings (SSSR count). The number of ether oxygens (including phenoxy) is 2. The molecular formula is C23H20F3NO5S. The fourth-order valence-corrected chi connectivity index (χ4v) is 3.93. The molecule has 1 heterocycles. The van der Waals surface area contributed by atoms with Gasteiger partial charge in [0.1, 0.15) is 16.4 Å². The molecule has 0 saturated heterocycles. The van der Waals surface area contributed by atoms with E-state index in [4.69, 9.17) is 9.47 Å². The van der Waals surface area contributed by atoms with Crippen LogP contribution in [0.2, 0.25) is 0 Å². The van der Waals surface area contributed by atoms with Crippen molar-refractivity contribution in [1.82, 2.24) is 0 Å². The molecule has 0 unspecified atom stereocenters. The van der Waals surface area contributed by atoms with Gasteiger partial charge in [0.25, 0.3) is 0 Å². The van der Waals surface area contributed by atoms with E-state index in [0.29, 0.717) is 12.2 Å². The third-order valence-corrected chi connectivity index (χ3v) is 5.43. The van der Waals surface area contributed by atoms with Crippen LogP contribution < -0.4 is 4.74 Å². The maximum atomic E-state index is 12.8. The molecule has 0 aliphatic carbocycles. The number of alkyl halides is 3. The first-order valence-electron chi connectivity index (χ1n) is 9.87. The number of thioether (sulfide) groups is 1. The minimum Gasteiger partial charge on any atom is -0.506 e. The number of aliphatic imine (C=N–C) groups is 1. The normalized spacial score (nSPS) is 16.5. The van der Waals surface area contributed by atoms with Gasteiger partial charge in [0.15, 0.2) is 11.5 Å². The van der Waals surface area contributed by atoms with E-state index in [0.717, 1.165) is 36.0 Å². The van der Waals surface area contributed by atoms with Gasteiger partial charge in [0.2, 0.25) is 0 Å². The van der Waals surface area contributed by atoms with Gasteiger partial charge in [-0.2, -0.15) is 13.2 Å². The summed E-state index contributed by atoms with van der Waals surface area (Å²) in [5.74, 6) is -1.14. The second kappa shape index (κ2) is 10.0. The highest BCUT2D eigenvalue weighted by atomic mass is 32.2. The first-order valence-corrected chi connectivity index (χ1v) is 10.7. The van der Waals surface area contributed by atoms with Crippen molar-refractivity contribution in [3.05, 3.63) is 69.8 Å². The minimum atomic E-state index is -4.49. The van der Waals surface area contributed by atoms with Crippen LogP contribution in [0, 0.1) is 0 Å². The summed E-state index contributed by atoms with van der Waals surface area (Å²) in [5.41, 5.74) is -0.565. The summed E-state index contributed by atoms with van der Waals surface area (Å²) >= 11 is 0.920. The first kappa shape index (κ1) is 24.2. The van der Waals surface area contributed by atoms with Crippen LogP contribution in [0.1, 0.15) is 25.0 Å². The molecule has 2 N–H and O–H groups in total. The molecule has 0 atom stereocenters. The van der Waals surface area contributed by atoms with Crippen LogP contribution in [0.3, 0.4) is 0 Å². The molecular weight excluding hydrogens is 459 g/mol. The SMILES string of the molecule is CCOC(=O)C1=C(O)C(=Cc2cccc(OCC)c2O)SC1=Nc1ccc(C(F)(F)F)cc1. The van der Waals surface area contributed by atoms with Crippen molar-refractivity contribution in [3.63, 3.8) is 0 Å². The zero-order valence-corrected chi connectivity index (χ0v) is 18.5. The van der Waals surface area contributed by atoms with Gasteiger partial charge >= 0.3 is 12.1 Å². The Bertz CT molecular complexity index is 1140. The first-order chi connectivity index (χ1) is 15.7. The van der Waals surface area contributed by atoms with E-state index in [9.17, 15) is 28.2 Å². The van der Waals surface area contributed by atoms with E-state index in [-0.39, 0.29) is 39.3 Å². The molecule has 0 radical (unpaired) electrons. The number of aliphatic hydroxyl groups excluding tert-OH is 1.